The summed E-state index contributed by atoms with van der Waals surface area (Å²) in [5.41, 5.74) is 1.93. The highest BCUT2D eigenvalue weighted by molar-refractivity contribution is 5.86. The number of hydrogen-bond acceptors (Lipinski definition) is 2. The van der Waals surface area contributed by atoms with Crippen molar-refractivity contribution in [3.05, 3.63) is 35.1 Å². The van der Waals surface area contributed by atoms with Crippen molar-refractivity contribution in [1.82, 2.24) is 9.80 Å². The van der Waals surface area contributed by atoms with Crippen LogP contribution in [-0.4, -0.2) is 41.2 Å². The van der Waals surface area contributed by atoms with Gasteiger partial charge < -0.3 is 9.80 Å². The monoisotopic (exact) mass is 304 g/mol. The van der Waals surface area contributed by atoms with Crippen molar-refractivity contribution in [2.45, 2.75) is 32.7 Å². The molecule has 1 saturated heterocycles. The fraction of sp³-hybridized carbons (Fsp3) is 0.529. The molecule has 1 aromatic rings. The highest BCUT2D eigenvalue weighted by Crippen LogP contribution is 2.33. The largest absolute Gasteiger partial charge is 0.332 e. The molecule has 1 fully saturated rings. The zero-order valence-electron chi connectivity index (χ0n) is 13.0. The molecule has 2 aliphatic heterocycles. The van der Waals surface area contributed by atoms with Gasteiger partial charge in [0.15, 0.2) is 0 Å². The zero-order chi connectivity index (χ0) is 15.9. The van der Waals surface area contributed by atoms with Crippen LogP contribution in [0, 0.1) is 11.7 Å². The molecule has 118 valence electrons. The summed E-state index contributed by atoms with van der Waals surface area (Å²) in [4.78, 5) is 28.1. The van der Waals surface area contributed by atoms with Crippen molar-refractivity contribution in [3.8, 4) is 0 Å². The summed E-state index contributed by atoms with van der Waals surface area (Å²) in [6.07, 6.45) is 1.13. The number of nitrogens with zero attached hydrogens (tertiary/aromatic N) is 2. The highest BCUT2D eigenvalue weighted by Gasteiger charge is 2.38. The maximum atomic E-state index is 13.4. The van der Waals surface area contributed by atoms with Crippen LogP contribution in [0.3, 0.4) is 0 Å². The smallest absolute Gasteiger partial charge is 0.242 e. The van der Waals surface area contributed by atoms with Crippen LogP contribution in [0.15, 0.2) is 18.2 Å². The fourth-order valence-corrected chi connectivity index (χ4v) is 3.37. The normalized spacial score (nSPS) is 20.9. The Balaban J connectivity index is 1.86. The average molecular weight is 304 g/mol. The molecule has 0 radical (unpaired) electrons. The number of hydrogen-bond donors (Lipinski definition) is 0. The van der Waals surface area contributed by atoms with Gasteiger partial charge in [0.25, 0.3) is 0 Å². The number of carbonyl (C=O) groups excluding carboxylic acids is 2. The first-order chi connectivity index (χ1) is 10.5. The van der Waals surface area contributed by atoms with E-state index >= 15 is 0 Å². The molecule has 22 heavy (non-hydrogen) atoms. The van der Waals surface area contributed by atoms with Crippen LogP contribution in [0.5, 0.6) is 0 Å². The average Bonchev–Trinajstić information content (AvgIpc) is 2.45. The van der Waals surface area contributed by atoms with Crippen LogP contribution in [-0.2, 0) is 16.0 Å². The summed E-state index contributed by atoms with van der Waals surface area (Å²) in [6.45, 7) is 5.27. The van der Waals surface area contributed by atoms with Gasteiger partial charge in [0.2, 0.25) is 11.8 Å². The van der Waals surface area contributed by atoms with Gasteiger partial charge in [-0.3, -0.25) is 9.59 Å². The first-order valence-corrected chi connectivity index (χ1v) is 7.81. The first kappa shape index (κ1) is 15.0. The third-order valence-corrected chi connectivity index (χ3v) is 4.44. The number of amides is 2. The SMILES string of the molecule is CC(C)CC(=O)N1CC(=O)N2CCc3cc(F)ccc3C2C1. The molecule has 0 bridgehead atoms. The molecule has 0 saturated carbocycles. The molecule has 2 aliphatic rings. The van der Waals surface area contributed by atoms with Crippen molar-refractivity contribution >= 4 is 11.8 Å². The molecule has 1 unspecified atom stereocenters. The molecular weight excluding hydrogens is 283 g/mol. The molecule has 5 heteroatoms. The Labute approximate surface area is 129 Å². The minimum Gasteiger partial charge on any atom is -0.332 e. The Hall–Kier alpha value is -1.91. The molecule has 2 heterocycles. The summed E-state index contributed by atoms with van der Waals surface area (Å²) in [5, 5.41) is 0. The maximum Gasteiger partial charge on any atom is 0.242 e. The summed E-state index contributed by atoms with van der Waals surface area (Å²) in [5.74, 6) is 0.0380. The van der Waals surface area contributed by atoms with Crippen LogP contribution in [0.1, 0.15) is 37.4 Å². The Kier molecular flexibility index (Phi) is 3.89. The predicted octanol–water partition coefficient (Wildman–Crippen LogP) is 2.14. The summed E-state index contributed by atoms with van der Waals surface area (Å²) >= 11 is 0. The minimum atomic E-state index is -0.248. The summed E-state index contributed by atoms with van der Waals surface area (Å²) in [7, 11) is 0. The molecule has 2 amide bonds. The maximum absolute atomic E-state index is 13.4. The minimum absolute atomic E-state index is 0.0108. The van der Waals surface area contributed by atoms with Gasteiger partial charge in [0.05, 0.1) is 12.6 Å². The van der Waals surface area contributed by atoms with Crippen LogP contribution >= 0.6 is 0 Å². The highest BCUT2D eigenvalue weighted by atomic mass is 19.1. The number of benzene rings is 1. The standard InChI is InChI=1S/C17H21FN2O2/c1-11(2)7-16(21)19-9-15-14-4-3-13(18)8-12(14)5-6-20(15)17(22)10-19/h3-4,8,11,15H,5-7,9-10H2,1-2H3. The van der Waals surface area contributed by atoms with Crippen LogP contribution in [0.4, 0.5) is 4.39 Å². The molecule has 3 rings (SSSR count). The second kappa shape index (κ2) is 5.71. The van der Waals surface area contributed by atoms with E-state index in [9.17, 15) is 14.0 Å². The molecule has 0 aliphatic carbocycles. The third kappa shape index (κ3) is 2.72. The van der Waals surface area contributed by atoms with Gasteiger partial charge in [-0.1, -0.05) is 19.9 Å². The van der Waals surface area contributed by atoms with Gasteiger partial charge in [0.1, 0.15) is 5.82 Å². The van der Waals surface area contributed by atoms with Crippen LogP contribution in [0.25, 0.3) is 0 Å². The molecule has 0 aromatic heterocycles. The molecule has 1 atom stereocenters. The van der Waals surface area contributed by atoms with E-state index in [1.165, 1.54) is 6.07 Å². The lowest BCUT2D eigenvalue weighted by Crippen LogP contribution is -2.55. The summed E-state index contributed by atoms with van der Waals surface area (Å²) in [6, 6.07) is 4.60. The van der Waals surface area contributed by atoms with Crippen molar-refractivity contribution in [1.29, 1.82) is 0 Å². The number of piperazine rings is 1. The second-order valence-corrected chi connectivity index (χ2v) is 6.57. The third-order valence-electron chi connectivity index (χ3n) is 4.44. The lowest BCUT2D eigenvalue weighted by atomic mass is 9.90. The van der Waals surface area contributed by atoms with E-state index in [-0.39, 0.29) is 36.1 Å². The quantitative estimate of drug-likeness (QED) is 0.840. The Morgan fingerprint density at radius 3 is 2.91 bits per heavy atom. The van der Waals surface area contributed by atoms with Crippen molar-refractivity contribution < 1.29 is 14.0 Å². The number of fused-ring (bicyclic) bond motifs is 3. The zero-order valence-corrected chi connectivity index (χ0v) is 13.0. The van der Waals surface area contributed by atoms with E-state index < -0.39 is 0 Å². The lowest BCUT2D eigenvalue weighted by molar-refractivity contribution is -0.149. The van der Waals surface area contributed by atoms with Crippen molar-refractivity contribution in [3.63, 3.8) is 0 Å². The van der Waals surface area contributed by atoms with E-state index in [2.05, 4.69) is 0 Å². The predicted molar refractivity (Wildman–Crippen MR) is 80.6 cm³/mol. The van der Waals surface area contributed by atoms with Gasteiger partial charge in [-0.25, -0.2) is 4.39 Å². The summed E-state index contributed by atoms with van der Waals surface area (Å²) < 4.78 is 13.4. The van der Waals surface area contributed by atoms with E-state index in [0.717, 1.165) is 11.1 Å². The first-order valence-electron chi connectivity index (χ1n) is 7.81. The van der Waals surface area contributed by atoms with E-state index in [1.54, 1.807) is 17.0 Å². The van der Waals surface area contributed by atoms with Gasteiger partial charge in [0, 0.05) is 19.5 Å². The van der Waals surface area contributed by atoms with Crippen molar-refractivity contribution in [2.24, 2.45) is 5.92 Å². The number of halogens is 1. The Bertz CT molecular complexity index is 615. The van der Waals surface area contributed by atoms with Crippen LogP contribution in [0.2, 0.25) is 0 Å². The molecule has 1 aromatic carbocycles. The fourth-order valence-electron chi connectivity index (χ4n) is 3.37. The molecule has 4 nitrogen and oxygen atoms in total. The lowest BCUT2D eigenvalue weighted by Gasteiger charge is -2.44. The topological polar surface area (TPSA) is 40.6 Å². The Morgan fingerprint density at radius 1 is 1.41 bits per heavy atom. The Morgan fingerprint density at radius 2 is 2.18 bits per heavy atom. The van der Waals surface area contributed by atoms with E-state index in [4.69, 9.17) is 0 Å². The molecular formula is C17H21FN2O2. The second-order valence-electron chi connectivity index (χ2n) is 6.57. The van der Waals surface area contributed by atoms with E-state index in [1.807, 2.05) is 18.7 Å². The molecule has 0 spiro atoms. The van der Waals surface area contributed by atoms with Crippen molar-refractivity contribution in [2.75, 3.05) is 19.6 Å². The number of carbonyl (C=O) groups is 2. The van der Waals surface area contributed by atoms with Gasteiger partial charge in [-0.15, -0.1) is 0 Å². The number of rotatable bonds is 2. The van der Waals surface area contributed by atoms with Gasteiger partial charge in [-0.05, 0) is 35.6 Å². The van der Waals surface area contributed by atoms with E-state index in [0.29, 0.717) is 25.9 Å². The molecule has 0 N–H and O–H groups in total. The van der Waals surface area contributed by atoms with Gasteiger partial charge in [-0.2, -0.15) is 0 Å². The van der Waals surface area contributed by atoms with Gasteiger partial charge >= 0.3 is 0 Å². The van der Waals surface area contributed by atoms with Crippen LogP contribution < -0.4 is 0 Å².